The topological polar surface area (TPSA) is 81.4 Å². The average Bonchev–Trinajstić information content (AvgIpc) is 2.64. The van der Waals surface area contributed by atoms with Crippen molar-refractivity contribution in [1.82, 2.24) is 5.32 Å². The Labute approximate surface area is 168 Å². The molecule has 0 aliphatic heterocycles. The van der Waals surface area contributed by atoms with Crippen molar-refractivity contribution in [3.63, 3.8) is 0 Å². The molecule has 2 aromatic carbocycles. The van der Waals surface area contributed by atoms with Crippen LogP contribution in [-0.4, -0.2) is 11.9 Å². The summed E-state index contributed by atoms with van der Waals surface area (Å²) in [5, 5.41) is 7.69. The van der Waals surface area contributed by atoms with Gasteiger partial charge in [-0.3, -0.25) is 4.79 Å². The Morgan fingerprint density at radius 3 is 2.43 bits per heavy atom. The van der Waals surface area contributed by atoms with E-state index >= 15 is 0 Å². The van der Waals surface area contributed by atoms with Crippen LogP contribution >= 0.6 is 12.2 Å². The summed E-state index contributed by atoms with van der Waals surface area (Å²) in [7, 11) is 0. The highest BCUT2D eigenvalue weighted by Crippen LogP contribution is 2.22. The predicted molar refractivity (Wildman–Crippen MR) is 110 cm³/mol. The van der Waals surface area contributed by atoms with Crippen molar-refractivity contribution in [3.05, 3.63) is 76.6 Å². The summed E-state index contributed by atoms with van der Waals surface area (Å²) < 4.78 is 18.4. The molecular formula is C21H23FN2O3S. The summed E-state index contributed by atoms with van der Waals surface area (Å²) in [4.78, 5) is 23.5. The van der Waals surface area contributed by atoms with Crippen LogP contribution in [0, 0.1) is 5.82 Å². The third kappa shape index (κ3) is 6.21. The molecule has 3 N–H and O–H groups in total. The van der Waals surface area contributed by atoms with Gasteiger partial charge in [0.1, 0.15) is 18.0 Å². The largest absolute Gasteiger partial charge is 0.371 e. The maximum Gasteiger partial charge on any atom is 0.354 e. The van der Waals surface area contributed by atoms with Crippen molar-refractivity contribution in [2.75, 3.05) is 0 Å². The van der Waals surface area contributed by atoms with Crippen molar-refractivity contribution >= 4 is 30.2 Å². The molecule has 0 aromatic heterocycles. The molecule has 0 aliphatic rings. The molecule has 7 heteroatoms. The van der Waals surface area contributed by atoms with E-state index in [1.807, 2.05) is 24.3 Å². The van der Waals surface area contributed by atoms with Crippen LogP contribution < -0.4 is 10.5 Å². The van der Waals surface area contributed by atoms with E-state index in [-0.39, 0.29) is 23.4 Å². The number of nitrogens with one attached hydrogen (secondary N) is 1. The van der Waals surface area contributed by atoms with Gasteiger partial charge in [0.2, 0.25) is 5.91 Å². The summed E-state index contributed by atoms with van der Waals surface area (Å²) in [6, 6.07) is 12.0. The number of benzene rings is 2. The first-order valence-electron chi connectivity index (χ1n) is 8.63. The zero-order valence-corrected chi connectivity index (χ0v) is 16.8. The Hall–Kier alpha value is -2.64. The summed E-state index contributed by atoms with van der Waals surface area (Å²) in [5.74, 6) is -1.90. The highest BCUT2D eigenvalue weighted by atomic mass is 32.2. The lowest BCUT2D eigenvalue weighted by molar-refractivity contribution is -0.116. The van der Waals surface area contributed by atoms with Gasteiger partial charge in [-0.25, -0.2) is 14.3 Å². The van der Waals surface area contributed by atoms with Gasteiger partial charge in [-0.15, -0.1) is 0 Å². The van der Waals surface area contributed by atoms with Crippen molar-refractivity contribution in [2.24, 2.45) is 5.14 Å². The first-order chi connectivity index (χ1) is 13.2. The van der Waals surface area contributed by atoms with Crippen LogP contribution in [0.3, 0.4) is 0 Å². The molecule has 0 radical (unpaired) electrons. The second-order valence-corrected chi connectivity index (χ2v) is 7.56. The Morgan fingerprint density at radius 1 is 1.18 bits per heavy atom. The third-order valence-corrected chi connectivity index (χ3v) is 4.30. The molecule has 0 atom stereocenters. The maximum atomic E-state index is 14.0. The number of hydrogen-bond acceptors (Lipinski definition) is 5. The minimum Gasteiger partial charge on any atom is -0.371 e. The smallest absolute Gasteiger partial charge is 0.354 e. The highest BCUT2D eigenvalue weighted by molar-refractivity contribution is 7.92. The van der Waals surface area contributed by atoms with Crippen LogP contribution in [-0.2, 0) is 20.9 Å². The van der Waals surface area contributed by atoms with Crippen molar-refractivity contribution in [1.29, 1.82) is 0 Å². The van der Waals surface area contributed by atoms with E-state index in [0.717, 1.165) is 5.56 Å². The lowest BCUT2D eigenvalue weighted by atomic mass is 9.87. The molecule has 0 spiro atoms. The van der Waals surface area contributed by atoms with Gasteiger partial charge in [-0.1, -0.05) is 51.1 Å². The number of rotatable bonds is 6. The normalized spacial score (nSPS) is 11.5. The van der Waals surface area contributed by atoms with Crippen LogP contribution in [0.25, 0.3) is 6.08 Å². The Balaban J connectivity index is 1.92. The van der Waals surface area contributed by atoms with Gasteiger partial charge in [0, 0.05) is 12.6 Å². The van der Waals surface area contributed by atoms with Gasteiger partial charge < -0.3 is 9.50 Å². The van der Waals surface area contributed by atoms with Crippen molar-refractivity contribution < 1.29 is 18.2 Å². The van der Waals surface area contributed by atoms with E-state index in [9.17, 15) is 14.0 Å². The zero-order valence-electron chi connectivity index (χ0n) is 16.0. The van der Waals surface area contributed by atoms with Crippen molar-refractivity contribution in [2.45, 2.75) is 32.7 Å². The number of halogens is 1. The van der Waals surface area contributed by atoms with Crippen molar-refractivity contribution in [3.8, 4) is 0 Å². The molecule has 0 aliphatic carbocycles. The second-order valence-electron chi connectivity index (χ2n) is 7.20. The number of amides is 1. The Bertz CT molecular complexity index is 874. The fourth-order valence-corrected chi connectivity index (χ4v) is 2.61. The molecule has 0 fully saturated rings. The molecule has 1 amide bonds. The van der Waals surface area contributed by atoms with E-state index in [0.29, 0.717) is 17.8 Å². The van der Waals surface area contributed by atoms with Gasteiger partial charge in [0.25, 0.3) is 0 Å². The second kappa shape index (κ2) is 9.52. The van der Waals surface area contributed by atoms with E-state index in [1.54, 1.807) is 6.08 Å². The molecule has 148 valence electrons. The quantitative estimate of drug-likeness (QED) is 0.431. The molecular weight excluding hydrogens is 379 g/mol. The molecule has 0 unspecified atom stereocenters. The van der Waals surface area contributed by atoms with Crippen LogP contribution in [0.15, 0.2) is 48.5 Å². The lowest BCUT2D eigenvalue weighted by Crippen LogP contribution is -2.20. The van der Waals surface area contributed by atoms with E-state index in [2.05, 4.69) is 30.3 Å². The standard InChI is InChI=1S/C21H23FN2O3S/c1-21(2,3)16-8-4-14(5-9-16)7-11-19(25)24-13-15-6-10-17(18(22)12-15)20(26)27-28-23/h4-12H,13,23H2,1-3H3,(H,24,25)/b11-7+. The number of hydrogen-bond donors (Lipinski definition) is 2. The zero-order chi connectivity index (χ0) is 20.7. The van der Waals surface area contributed by atoms with E-state index in [4.69, 9.17) is 5.14 Å². The van der Waals surface area contributed by atoms with Crippen LogP contribution in [0.5, 0.6) is 0 Å². The predicted octanol–water partition coefficient (Wildman–Crippen LogP) is 4.13. The summed E-state index contributed by atoms with van der Waals surface area (Å²) in [6.07, 6.45) is 3.14. The number of carbonyl (C=O) groups is 2. The molecule has 2 rings (SSSR count). The Kier molecular flexibility index (Phi) is 7.37. The third-order valence-electron chi connectivity index (χ3n) is 4.05. The molecule has 0 bridgehead atoms. The molecule has 28 heavy (non-hydrogen) atoms. The number of nitrogens with two attached hydrogens (primary N) is 1. The molecule has 0 heterocycles. The SMILES string of the molecule is CC(C)(C)c1ccc(/C=C/C(=O)NCc2ccc(C(=O)OSN)c(F)c2)cc1. The Morgan fingerprint density at radius 2 is 1.86 bits per heavy atom. The minimum absolute atomic E-state index is 0.0737. The van der Waals surface area contributed by atoms with Crippen LogP contribution in [0.2, 0.25) is 0 Å². The van der Waals surface area contributed by atoms with Crippen LogP contribution in [0.1, 0.15) is 47.8 Å². The van der Waals surface area contributed by atoms with Gasteiger partial charge in [0.05, 0.1) is 5.56 Å². The van der Waals surface area contributed by atoms with Gasteiger partial charge in [0.15, 0.2) is 0 Å². The molecule has 0 saturated heterocycles. The van der Waals surface area contributed by atoms with E-state index in [1.165, 1.54) is 29.8 Å². The summed E-state index contributed by atoms with van der Waals surface area (Å²) in [5.41, 5.74) is 2.50. The first-order valence-corrected chi connectivity index (χ1v) is 9.44. The minimum atomic E-state index is -0.860. The highest BCUT2D eigenvalue weighted by Gasteiger charge is 2.14. The van der Waals surface area contributed by atoms with E-state index < -0.39 is 11.8 Å². The number of carbonyl (C=O) groups excluding carboxylic acids is 2. The molecule has 2 aromatic rings. The van der Waals surface area contributed by atoms with Gasteiger partial charge >= 0.3 is 5.97 Å². The monoisotopic (exact) mass is 402 g/mol. The average molecular weight is 402 g/mol. The fourth-order valence-electron chi connectivity index (χ4n) is 2.44. The van der Waals surface area contributed by atoms with Crippen LogP contribution in [0.4, 0.5) is 4.39 Å². The fraction of sp³-hybridized carbons (Fsp3) is 0.238. The van der Waals surface area contributed by atoms with Gasteiger partial charge in [-0.05, 0) is 40.3 Å². The maximum absolute atomic E-state index is 14.0. The lowest BCUT2D eigenvalue weighted by Gasteiger charge is -2.18. The molecule has 0 saturated carbocycles. The molecule has 5 nitrogen and oxygen atoms in total. The summed E-state index contributed by atoms with van der Waals surface area (Å²) in [6.45, 7) is 6.55. The van der Waals surface area contributed by atoms with Gasteiger partial charge in [-0.2, -0.15) is 0 Å². The first kappa shape index (κ1) is 21.7. The summed E-state index contributed by atoms with van der Waals surface area (Å²) >= 11 is 0.356.